The van der Waals surface area contributed by atoms with Crippen LogP contribution in [-0.4, -0.2) is 47.3 Å². The fraction of sp³-hybridized carbons (Fsp3) is 0.222. The first-order valence-electron chi connectivity index (χ1n) is 7.95. The number of hydrogen-bond acceptors (Lipinski definition) is 6. The van der Waals surface area contributed by atoms with E-state index in [1.807, 2.05) is 0 Å². The molecule has 0 fully saturated rings. The number of para-hydroxylation sites is 1. The topological polar surface area (TPSA) is 102 Å². The Morgan fingerprint density at radius 2 is 1.82 bits per heavy atom. The molecule has 0 bridgehead atoms. The minimum Gasteiger partial charge on any atom is -0.495 e. The molecule has 0 unspecified atom stereocenters. The summed E-state index contributed by atoms with van der Waals surface area (Å²) >= 11 is 5.98. The lowest BCUT2D eigenvalue weighted by atomic mass is 10.2. The van der Waals surface area contributed by atoms with Crippen LogP contribution < -0.4 is 14.4 Å². The summed E-state index contributed by atoms with van der Waals surface area (Å²) in [5.74, 6) is -1.06. The third-order valence-electron chi connectivity index (χ3n) is 3.70. The molecule has 0 aliphatic rings. The number of hydrogen-bond donors (Lipinski definition) is 1. The minimum atomic E-state index is -3.84. The third kappa shape index (κ3) is 5.14. The first-order valence-corrected chi connectivity index (χ1v) is 10.2. The van der Waals surface area contributed by atoms with Gasteiger partial charge in [0.1, 0.15) is 12.3 Å². The highest BCUT2D eigenvalue weighted by Gasteiger charge is 2.25. The van der Waals surface area contributed by atoms with E-state index in [9.17, 15) is 18.0 Å². The van der Waals surface area contributed by atoms with Crippen molar-refractivity contribution in [2.45, 2.75) is 0 Å². The molecule has 150 valence electrons. The van der Waals surface area contributed by atoms with E-state index in [4.69, 9.17) is 16.3 Å². The smallest absolute Gasteiger partial charge is 0.339 e. The van der Waals surface area contributed by atoms with Gasteiger partial charge in [-0.1, -0.05) is 23.7 Å². The van der Waals surface area contributed by atoms with Gasteiger partial charge in [-0.3, -0.25) is 9.10 Å². The lowest BCUT2D eigenvalue weighted by Gasteiger charge is -2.24. The molecule has 1 N–H and O–H groups in total. The van der Waals surface area contributed by atoms with E-state index in [-0.39, 0.29) is 27.7 Å². The second-order valence-corrected chi connectivity index (χ2v) is 8.01. The highest BCUT2D eigenvalue weighted by molar-refractivity contribution is 7.92. The molecule has 0 saturated heterocycles. The molecule has 0 atom stereocenters. The number of ether oxygens (including phenoxy) is 2. The fourth-order valence-electron chi connectivity index (χ4n) is 2.44. The highest BCUT2D eigenvalue weighted by atomic mass is 35.5. The van der Waals surface area contributed by atoms with E-state index in [1.54, 1.807) is 12.1 Å². The van der Waals surface area contributed by atoms with Crippen LogP contribution in [0.2, 0.25) is 5.02 Å². The number of anilines is 2. The predicted octanol–water partition coefficient (Wildman–Crippen LogP) is 2.54. The van der Waals surface area contributed by atoms with Gasteiger partial charge in [0.25, 0.3) is 0 Å². The number of halogens is 1. The monoisotopic (exact) mass is 426 g/mol. The maximum Gasteiger partial charge on any atom is 0.339 e. The van der Waals surface area contributed by atoms with Crippen molar-refractivity contribution in [2.24, 2.45) is 0 Å². The van der Waals surface area contributed by atoms with Crippen molar-refractivity contribution >= 4 is 44.9 Å². The Bertz CT molecular complexity index is 993. The average Bonchev–Trinajstić information content (AvgIpc) is 2.65. The van der Waals surface area contributed by atoms with E-state index in [1.165, 1.54) is 44.6 Å². The summed E-state index contributed by atoms with van der Waals surface area (Å²) in [6.07, 6.45) is 0.961. The maximum atomic E-state index is 12.5. The predicted molar refractivity (Wildman–Crippen MR) is 107 cm³/mol. The van der Waals surface area contributed by atoms with Gasteiger partial charge in [0.15, 0.2) is 0 Å². The lowest BCUT2D eigenvalue weighted by Crippen LogP contribution is -2.37. The van der Waals surface area contributed by atoms with Gasteiger partial charge in [-0.05, 0) is 30.3 Å². The molecule has 0 radical (unpaired) electrons. The molecule has 0 heterocycles. The van der Waals surface area contributed by atoms with Crippen molar-refractivity contribution in [2.75, 3.05) is 36.6 Å². The Balaban J connectivity index is 2.34. The number of carbonyl (C=O) groups excluding carboxylic acids is 2. The molecule has 0 aliphatic heterocycles. The molecule has 2 aromatic carbocycles. The Morgan fingerprint density at radius 3 is 2.43 bits per heavy atom. The van der Waals surface area contributed by atoms with E-state index in [0.29, 0.717) is 0 Å². The first-order chi connectivity index (χ1) is 13.2. The third-order valence-corrected chi connectivity index (χ3v) is 5.07. The molecule has 10 heteroatoms. The van der Waals surface area contributed by atoms with E-state index < -0.39 is 28.4 Å². The van der Waals surface area contributed by atoms with Gasteiger partial charge in [0, 0.05) is 5.02 Å². The van der Waals surface area contributed by atoms with Gasteiger partial charge in [0.2, 0.25) is 15.9 Å². The second kappa shape index (κ2) is 8.94. The summed E-state index contributed by atoms with van der Waals surface area (Å²) in [7, 11) is -1.25. The number of carbonyl (C=O) groups is 2. The molecular weight excluding hydrogens is 408 g/mol. The average molecular weight is 427 g/mol. The van der Waals surface area contributed by atoms with Crippen LogP contribution in [-0.2, 0) is 19.6 Å². The molecule has 0 spiro atoms. The van der Waals surface area contributed by atoms with E-state index in [0.717, 1.165) is 10.6 Å². The number of nitrogens with one attached hydrogen (secondary N) is 1. The van der Waals surface area contributed by atoms with Gasteiger partial charge in [-0.15, -0.1) is 0 Å². The maximum absolute atomic E-state index is 12.5. The van der Waals surface area contributed by atoms with Crippen LogP contribution in [0, 0.1) is 0 Å². The number of amides is 1. The van der Waals surface area contributed by atoms with Crippen LogP contribution in [0.5, 0.6) is 5.75 Å². The quantitative estimate of drug-likeness (QED) is 0.682. The molecule has 0 aliphatic carbocycles. The van der Waals surface area contributed by atoms with Crippen LogP contribution in [0.4, 0.5) is 11.4 Å². The standard InChI is InChI=1S/C18H19ClN2O6S/c1-26-16-9-8-12(19)10-15(16)21(28(3,24)25)11-17(22)20-14-7-5-4-6-13(14)18(23)27-2/h4-10H,11H2,1-3H3,(H,20,22). The van der Waals surface area contributed by atoms with Gasteiger partial charge < -0.3 is 14.8 Å². The molecule has 2 aromatic rings. The zero-order valence-corrected chi connectivity index (χ0v) is 17.0. The number of nitrogens with zero attached hydrogens (tertiary/aromatic N) is 1. The molecule has 0 saturated carbocycles. The van der Waals surface area contributed by atoms with Gasteiger partial charge in [-0.2, -0.15) is 0 Å². The minimum absolute atomic E-state index is 0.119. The van der Waals surface area contributed by atoms with Crippen LogP contribution >= 0.6 is 11.6 Å². The molecule has 1 amide bonds. The summed E-state index contributed by atoms with van der Waals surface area (Å²) in [6, 6.07) is 10.6. The Morgan fingerprint density at radius 1 is 1.14 bits per heavy atom. The van der Waals surface area contributed by atoms with Crippen LogP contribution in [0.15, 0.2) is 42.5 Å². The summed E-state index contributed by atoms with van der Waals surface area (Å²) in [5.41, 5.74) is 0.462. The molecule has 0 aromatic heterocycles. The largest absolute Gasteiger partial charge is 0.495 e. The summed E-state index contributed by atoms with van der Waals surface area (Å²) in [5, 5.41) is 2.81. The number of rotatable bonds is 7. The summed E-state index contributed by atoms with van der Waals surface area (Å²) in [4.78, 5) is 24.4. The first kappa shape index (κ1) is 21.5. The van der Waals surface area contributed by atoms with Crippen LogP contribution in [0.1, 0.15) is 10.4 Å². The number of esters is 1. The fourth-order valence-corrected chi connectivity index (χ4v) is 3.46. The zero-order chi connectivity index (χ0) is 20.9. The van der Waals surface area contributed by atoms with Crippen LogP contribution in [0.25, 0.3) is 0 Å². The van der Waals surface area contributed by atoms with Crippen molar-refractivity contribution in [3.63, 3.8) is 0 Å². The van der Waals surface area contributed by atoms with Crippen molar-refractivity contribution in [1.29, 1.82) is 0 Å². The Hall–Kier alpha value is -2.78. The van der Waals surface area contributed by atoms with Gasteiger partial charge in [-0.25, -0.2) is 13.2 Å². The van der Waals surface area contributed by atoms with E-state index >= 15 is 0 Å². The summed E-state index contributed by atoms with van der Waals surface area (Å²) < 4.78 is 35.3. The van der Waals surface area contributed by atoms with E-state index in [2.05, 4.69) is 10.1 Å². The number of sulfonamides is 1. The van der Waals surface area contributed by atoms with Crippen molar-refractivity contribution in [3.8, 4) is 5.75 Å². The van der Waals surface area contributed by atoms with Crippen molar-refractivity contribution < 1.29 is 27.5 Å². The van der Waals surface area contributed by atoms with Crippen LogP contribution in [0.3, 0.4) is 0 Å². The number of benzene rings is 2. The lowest BCUT2D eigenvalue weighted by molar-refractivity contribution is -0.114. The summed E-state index contributed by atoms with van der Waals surface area (Å²) in [6.45, 7) is -0.551. The SMILES string of the molecule is COC(=O)c1ccccc1NC(=O)CN(c1cc(Cl)ccc1OC)S(C)(=O)=O. The zero-order valence-electron chi connectivity index (χ0n) is 15.4. The molecule has 28 heavy (non-hydrogen) atoms. The Kier molecular flexibility index (Phi) is 6.87. The van der Waals surface area contributed by atoms with Crippen molar-refractivity contribution in [3.05, 3.63) is 53.1 Å². The Labute approximate surface area is 168 Å². The second-order valence-electron chi connectivity index (χ2n) is 5.67. The normalized spacial score (nSPS) is 10.9. The van der Waals surface area contributed by atoms with Gasteiger partial charge in [0.05, 0.1) is 37.4 Å². The number of methoxy groups -OCH3 is 2. The molecular formula is C18H19ClN2O6S. The highest BCUT2D eigenvalue weighted by Crippen LogP contribution is 2.32. The molecule has 2 rings (SSSR count). The van der Waals surface area contributed by atoms with Gasteiger partial charge >= 0.3 is 5.97 Å². The van der Waals surface area contributed by atoms with Crippen molar-refractivity contribution in [1.82, 2.24) is 0 Å². The molecule has 8 nitrogen and oxygen atoms in total.